The Morgan fingerprint density at radius 2 is 1.77 bits per heavy atom. The van der Waals surface area contributed by atoms with Crippen LogP contribution in [0.4, 0.5) is 8.78 Å². The van der Waals surface area contributed by atoms with Crippen molar-refractivity contribution in [3.05, 3.63) is 29.3 Å². The van der Waals surface area contributed by atoms with Gasteiger partial charge in [0.15, 0.2) is 11.6 Å². The number of carbonyl (C=O) groups is 2. The molecule has 0 atom stereocenters. The molecular formula is C15H16F2O5. The van der Waals surface area contributed by atoms with Crippen LogP contribution in [0.2, 0.25) is 0 Å². The number of halogens is 2. The van der Waals surface area contributed by atoms with Gasteiger partial charge in [-0.05, 0) is 32.6 Å². The molecule has 2 N–H and O–H groups in total. The van der Waals surface area contributed by atoms with Gasteiger partial charge in [-0.15, -0.1) is 0 Å². The number of aromatic carboxylic acids is 1. The van der Waals surface area contributed by atoms with E-state index in [-0.39, 0.29) is 5.75 Å². The number of benzene rings is 1. The number of aliphatic carboxylic acids is 1. The first-order valence-electron chi connectivity index (χ1n) is 6.85. The Bertz CT molecular complexity index is 606. The highest BCUT2D eigenvalue weighted by molar-refractivity contribution is 5.88. The van der Waals surface area contributed by atoms with E-state index in [1.807, 2.05) is 0 Å². The molecule has 1 aliphatic carbocycles. The second-order valence-electron chi connectivity index (χ2n) is 5.75. The normalized spacial score (nSPS) is 24.8. The first-order valence-corrected chi connectivity index (χ1v) is 6.85. The van der Waals surface area contributed by atoms with Gasteiger partial charge in [-0.1, -0.05) is 0 Å². The molecule has 2 rings (SSSR count). The molecule has 1 saturated carbocycles. The van der Waals surface area contributed by atoms with Gasteiger partial charge in [0.25, 0.3) is 0 Å². The molecule has 1 aromatic carbocycles. The highest BCUT2D eigenvalue weighted by Gasteiger charge is 2.38. The Kier molecular flexibility index (Phi) is 4.35. The second kappa shape index (κ2) is 5.90. The van der Waals surface area contributed by atoms with Crippen LogP contribution in [0.15, 0.2) is 12.1 Å². The van der Waals surface area contributed by atoms with Crippen molar-refractivity contribution in [2.24, 2.45) is 5.41 Å². The fourth-order valence-electron chi connectivity index (χ4n) is 2.52. The first kappa shape index (κ1) is 16.2. The summed E-state index contributed by atoms with van der Waals surface area (Å²) in [6, 6.07) is 1.29. The van der Waals surface area contributed by atoms with Gasteiger partial charge in [-0.25, -0.2) is 13.6 Å². The maximum absolute atomic E-state index is 13.7. The smallest absolute Gasteiger partial charge is 0.338 e. The predicted octanol–water partition coefficient (Wildman–Crippen LogP) is 3.08. The molecule has 0 bridgehead atoms. The van der Waals surface area contributed by atoms with Crippen molar-refractivity contribution in [3.63, 3.8) is 0 Å². The number of carboxylic acids is 2. The van der Waals surface area contributed by atoms with E-state index in [0.717, 1.165) is 6.07 Å². The van der Waals surface area contributed by atoms with Gasteiger partial charge in [0.2, 0.25) is 0 Å². The van der Waals surface area contributed by atoms with Crippen LogP contribution in [0.1, 0.15) is 43.0 Å². The maximum Gasteiger partial charge on any atom is 0.338 e. The molecule has 7 heteroatoms. The summed E-state index contributed by atoms with van der Waals surface area (Å²) in [5.41, 5.74) is -1.49. The quantitative estimate of drug-likeness (QED) is 0.892. The lowest BCUT2D eigenvalue weighted by Crippen LogP contribution is -2.36. The fourth-order valence-corrected chi connectivity index (χ4v) is 2.52. The van der Waals surface area contributed by atoms with E-state index in [0.29, 0.717) is 31.7 Å². The van der Waals surface area contributed by atoms with Gasteiger partial charge in [-0.3, -0.25) is 4.79 Å². The van der Waals surface area contributed by atoms with E-state index in [9.17, 15) is 18.4 Å². The molecule has 0 unspecified atom stereocenters. The summed E-state index contributed by atoms with van der Waals surface area (Å²) >= 11 is 0. The minimum atomic E-state index is -1.51. The summed E-state index contributed by atoms with van der Waals surface area (Å²) in [6.45, 7) is 1.65. The van der Waals surface area contributed by atoms with E-state index in [1.165, 1.54) is 0 Å². The van der Waals surface area contributed by atoms with Crippen molar-refractivity contribution in [1.82, 2.24) is 0 Å². The zero-order valence-corrected chi connectivity index (χ0v) is 11.9. The van der Waals surface area contributed by atoms with Crippen molar-refractivity contribution < 1.29 is 33.3 Å². The van der Waals surface area contributed by atoms with Crippen LogP contribution >= 0.6 is 0 Å². The van der Waals surface area contributed by atoms with Crippen molar-refractivity contribution in [2.75, 3.05) is 0 Å². The molecule has 0 radical (unpaired) electrons. The van der Waals surface area contributed by atoms with Crippen LogP contribution in [0.5, 0.6) is 5.75 Å². The van der Waals surface area contributed by atoms with Crippen molar-refractivity contribution in [2.45, 2.75) is 38.7 Å². The zero-order valence-electron chi connectivity index (χ0n) is 11.9. The lowest BCUT2D eigenvalue weighted by atomic mass is 9.75. The summed E-state index contributed by atoms with van der Waals surface area (Å²) in [5.74, 6) is -4.87. The molecule has 0 saturated heterocycles. The van der Waals surface area contributed by atoms with Crippen LogP contribution in [-0.2, 0) is 4.79 Å². The van der Waals surface area contributed by atoms with Gasteiger partial charge >= 0.3 is 11.9 Å². The Balaban J connectivity index is 2.11. The summed E-state index contributed by atoms with van der Waals surface area (Å²) in [5, 5.41) is 18.0. The van der Waals surface area contributed by atoms with E-state index in [1.54, 1.807) is 6.92 Å². The Morgan fingerprint density at radius 1 is 1.18 bits per heavy atom. The monoisotopic (exact) mass is 314 g/mol. The molecule has 0 heterocycles. The van der Waals surface area contributed by atoms with Gasteiger partial charge in [-0.2, -0.15) is 0 Å². The van der Waals surface area contributed by atoms with E-state index in [2.05, 4.69) is 0 Å². The van der Waals surface area contributed by atoms with Crippen LogP contribution in [0.3, 0.4) is 0 Å². The molecule has 0 amide bonds. The van der Waals surface area contributed by atoms with Crippen molar-refractivity contribution in [1.29, 1.82) is 0 Å². The number of hydrogen-bond donors (Lipinski definition) is 2. The summed E-state index contributed by atoms with van der Waals surface area (Å²) in [7, 11) is 0. The van der Waals surface area contributed by atoms with E-state index >= 15 is 0 Å². The maximum atomic E-state index is 13.7. The fraction of sp³-hybridized carbons (Fsp3) is 0.467. The third-order valence-electron chi connectivity index (χ3n) is 4.10. The number of hydrogen-bond acceptors (Lipinski definition) is 3. The molecular weight excluding hydrogens is 298 g/mol. The van der Waals surface area contributed by atoms with E-state index < -0.39 is 40.7 Å². The minimum Gasteiger partial charge on any atom is -0.487 e. The second-order valence-corrected chi connectivity index (χ2v) is 5.75. The lowest BCUT2D eigenvalue weighted by Gasteiger charge is -2.34. The zero-order chi connectivity index (χ0) is 16.5. The molecule has 0 aliphatic heterocycles. The largest absolute Gasteiger partial charge is 0.487 e. The van der Waals surface area contributed by atoms with Crippen LogP contribution in [0.25, 0.3) is 0 Å². The van der Waals surface area contributed by atoms with E-state index in [4.69, 9.17) is 14.9 Å². The van der Waals surface area contributed by atoms with Crippen molar-refractivity contribution >= 4 is 11.9 Å². The number of rotatable bonds is 4. The molecule has 1 aliphatic rings. The van der Waals surface area contributed by atoms with Gasteiger partial charge in [0.05, 0.1) is 17.1 Å². The minimum absolute atomic E-state index is 0.331. The molecule has 1 aromatic rings. The SMILES string of the molecule is CC1(C(=O)O)CCC(Oc2cc(C(=O)O)c(F)cc2F)CC1. The Morgan fingerprint density at radius 3 is 2.27 bits per heavy atom. The topological polar surface area (TPSA) is 83.8 Å². The summed E-state index contributed by atoms with van der Waals surface area (Å²) < 4.78 is 32.4. The molecule has 5 nitrogen and oxygen atoms in total. The van der Waals surface area contributed by atoms with Crippen LogP contribution in [-0.4, -0.2) is 28.3 Å². The Labute approximate surface area is 125 Å². The average Bonchev–Trinajstić information content (AvgIpc) is 2.43. The van der Waals surface area contributed by atoms with Crippen LogP contribution < -0.4 is 4.74 Å². The average molecular weight is 314 g/mol. The highest BCUT2D eigenvalue weighted by atomic mass is 19.1. The molecule has 1 fully saturated rings. The lowest BCUT2D eigenvalue weighted by molar-refractivity contribution is -0.150. The third-order valence-corrected chi connectivity index (χ3v) is 4.10. The number of carboxylic acid groups (broad SMARTS) is 2. The van der Waals surface area contributed by atoms with Gasteiger partial charge < -0.3 is 14.9 Å². The first-order chi connectivity index (χ1) is 10.2. The highest BCUT2D eigenvalue weighted by Crippen LogP contribution is 2.38. The van der Waals surface area contributed by atoms with Crippen molar-refractivity contribution in [3.8, 4) is 5.75 Å². The predicted molar refractivity (Wildman–Crippen MR) is 71.9 cm³/mol. The summed E-state index contributed by atoms with van der Waals surface area (Å²) in [6.07, 6.45) is 1.14. The molecule has 0 aromatic heterocycles. The standard InChI is InChI=1S/C15H16F2O5/c1-15(14(20)21)4-2-8(3-5-15)22-12-6-9(13(18)19)10(16)7-11(12)17/h6-8H,2-5H2,1H3,(H,18,19)(H,20,21). The summed E-state index contributed by atoms with van der Waals surface area (Å²) in [4.78, 5) is 22.0. The molecule has 22 heavy (non-hydrogen) atoms. The number of ether oxygens (including phenoxy) is 1. The van der Waals surface area contributed by atoms with Crippen LogP contribution in [0, 0.1) is 17.0 Å². The molecule has 120 valence electrons. The van der Waals surface area contributed by atoms with Gasteiger partial charge in [0.1, 0.15) is 5.82 Å². The Hall–Kier alpha value is -2.18. The molecule has 0 spiro atoms. The van der Waals surface area contributed by atoms with Gasteiger partial charge in [0, 0.05) is 12.1 Å². The third kappa shape index (κ3) is 3.18.